The third kappa shape index (κ3) is 5.81. The molecule has 1 rings (SSSR count). The van der Waals surface area contributed by atoms with Gasteiger partial charge in [0.2, 0.25) is 10.0 Å². The maximum absolute atomic E-state index is 11.8. The van der Waals surface area contributed by atoms with Gasteiger partial charge in [-0.1, -0.05) is 13.8 Å². The monoisotopic (exact) mass is 299 g/mol. The lowest BCUT2D eigenvalue weighted by molar-refractivity contribution is 0.542. The molecule has 0 heterocycles. The molecule has 0 aromatic rings. The van der Waals surface area contributed by atoms with E-state index in [1.165, 1.54) is 0 Å². The fourth-order valence-corrected chi connectivity index (χ4v) is 5.22. The van der Waals surface area contributed by atoms with E-state index < -0.39 is 10.0 Å². The van der Waals surface area contributed by atoms with E-state index in [-0.39, 0.29) is 17.7 Å². The van der Waals surface area contributed by atoms with Gasteiger partial charge in [0.25, 0.3) is 0 Å². The summed E-state index contributed by atoms with van der Waals surface area (Å²) in [4.78, 5) is 0. The summed E-state index contributed by atoms with van der Waals surface area (Å²) in [5.41, 5.74) is 0. The molecule has 102 valence electrons. The zero-order valence-corrected chi connectivity index (χ0v) is 12.9. The molecule has 0 amide bonds. The van der Waals surface area contributed by atoms with Crippen molar-refractivity contribution in [3.8, 4) is 0 Å². The molecule has 1 N–H and O–H groups in total. The molecule has 1 aliphatic rings. The maximum Gasteiger partial charge on any atom is 0.212 e. The Hall–Kier alpha value is 0.550. The average Bonchev–Trinajstić information content (AvgIpc) is 2.64. The van der Waals surface area contributed by atoms with Gasteiger partial charge in [0, 0.05) is 17.2 Å². The highest BCUT2D eigenvalue weighted by molar-refractivity contribution is 7.99. The van der Waals surface area contributed by atoms with Gasteiger partial charge >= 0.3 is 0 Å². The maximum atomic E-state index is 11.8. The van der Waals surface area contributed by atoms with E-state index in [4.69, 9.17) is 11.6 Å². The van der Waals surface area contributed by atoms with Crippen LogP contribution in [0.1, 0.15) is 33.1 Å². The lowest BCUT2D eigenvalue weighted by atomic mass is 10.3. The Morgan fingerprint density at radius 3 is 2.76 bits per heavy atom. The van der Waals surface area contributed by atoms with Crippen molar-refractivity contribution in [3.05, 3.63) is 0 Å². The number of rotatable bonds is 7. The van der Waals surface area contributed by atoms with Crippen molar-refractivity contribution in [3.63, 3.8) is 0 Å². The first-order valence-electron chi connectivity index (χ1n) is 6.14. The molecule has 6 heteroatoms. The Balaban J connectivity index is 2.39. The van der Waals surface area contributed by atoms with Gasteiger partial charge < -0.3 is 0 Å². The van der Waals surface area contributed by atoms with E-state index in [2.05, 4.69) is 11.6 Å². The van der Waals surface area contributed by atoms with E-state index >= 15 is 0 Å². The summed E-state index contributed by atoms with van der Waals surface area (Å²) >= 11 is 7.57. The quantitative estimate of drug-likeness (QED) is 0.735. The predicted octanol–water partition coefficient (Wildman–Crippen LogP) is 2.45. The van der Waals surface area contributed by atoms with Crippen molar-refractivity contribution in [1.29, 1.82) is 0 Å². The van der Waals surface area contributed by atoms with Crippen LogP contribution in [0.5, 0.6) is 0 Å². The van der Waals surface area contributed by atoms with Gasteiger partial charge in [-0.15, -0.1) is 11.6 Å². The highest BCUT2D eigenvalue weighted by atomic mass is 35.5. The molecule has 0 saturated heterocycles. The summed E-state index contributed by atoms with van der Waals surface area (Å²) in [5, 5.41) is 0.623. The molecule has 0 aromatic carbocycles. The van der Waals surface area contributed by atoms with Crippen LogP contribution in [0.15, 0.2) is 0 Å². The van der Waals surface area contributed by atoms with Crippen LogP contribution < -0.4 is 4.72 Å². The highest BCUT2D eigenvalue weighted by Crippen LogP contribution is 2.30. The topological polar surface area (TPSA) is 46.2 Å². The van der Waals surface area contributed by atoms with E-state index in [0.29, 0.717) is 11.1 Å². The Morgan fingerprint density at radius 1 is 1.47 bits per heavy atom. The molecule has 0 aromatic heterocycles. The fraction of sp³-hybridized carbons (Fsp3) is 1.00. The van der Waals surface area contributed by atoms with E-state index in [1.54, 1.807) is 0 Å². The molecule has 3 unspecified atom stereocenters. The van der Waals surface area contributed by atoms with Crippen LogP contribution >= 0.6 is 23.4 Å². The molecule has 0 bridgehead atoms. The Labute approximate surface area is 114 Å². The second-order valence-corrected chi connectivity index (χ2v) is 8.43. The Bertz CT molecular complexity index is 321. The van der Waals surface area contributed by atoms with Crippen LogP contribution in [0.25, 0.3) is 0 Å². The molecular weight excluding hydrogens is 278 g/mol. The summed E-state index contributed by atoms with van der Waals surface area (Å²) in [6, 6.07) is 0.131. The largest absolute Gasteiger partial charge is 0.212 e. The summed E-state index contributed by atoms with van der Waals surface area (Å²) in [5.74, 6) is 1.64. The molecule has 0 radical (unpaired) electrons. The van der Waals surface area contributed by atoms with Crippen LogP contribution in [0.4, 0.5) is 0 Å². The SMILES string of the molecule is CCSC1CCC(NS(=O)(=O)CC(C)CCl)C1. The number of hydrogen-bond acceptors (Lipinski definition) is 3. The van der Waals surface area contributed by atoms with Crippen molar-refractivity contribution < 1.29 is 8.42 Å². The first-order valence-corrected chi connectivity index (χ1v) is 9.38. The van der Waals surface area contributed by atoms with Gasteiger partial charge in [-0.05, 0) is 30.9 Å². The van der Waals surface area contributed by atoms with Crippen molar-refractivity contribution in [2.45, 2.75) is 44.4 Å². The number of nitrogens with one attached hydrogen (secondary N) is 1. The third-order valence-corrected chi connectivity index (χ3v) is 6.36. The van der Waals surface area contributed by atoms with Crippen LogP contribution in [-0.2, 0) is 10.0 Å². The molecule has 17 heavy (non-hydrogen) atoms. The fourth-order valence-electron chi connectivity index (χ4n) is 2.16. The molecule has 1 saturated carbocycles. The van der Waals surface area contributed by atoms with Gasteiger partial charge in [-0.2, -0.15) is 11.8 Å². The normalized spacial score (nSPS) is 27.2. The number of alkyl halides is 1. The minimum atomic E-state index is -3.16. The van der Waals surface area contributed by atoms with Crippen LogP contribution in [0.2, 0.25) is 0 Å². The summed E-state index contributed by atoms with van der Waals surface area (Å²) in [6.07, 6.45) is 3.05. The van der Waals surface area contributed by atoms with Crippen LogP contribution in [-0.4, -0.2) is 37.1 Å². The first-order chi connectivity index (χ1) is 7.96. The highest BCUT2D eigenvalue weighted by Gasteiger charge is 2.28. The number of sulfonamides is 1. The van der Waals surface area contributed by atoms with E-state index in [0.717, 1.165) is 25.0 Å². The summed E-state index contributed by atoms with van der Waals surface area (Å²) < 4.78 is 26.5. The zero-order valence-electron chi connectivity index (χ0n) is 10.5. The van der Waals surface area contributed by atoms with Gasteiger partial charge in [0.05, 0.1) is 5.75 Å². The second-order valence-electron chi connectivity index (χ2n) is 4.75. The summed E-state index contributed by atoms with van der Waals surface area (Å²) in [7, 11) is -3.16. The number of hydrogen-bond donors (Lipinski definition) is 1. The molecule has 1 fully saturated rings. The standard InChI is InChI=1S/C11H22ClNO2S2/c1-3-16-11-5-4-10(6-11)13-17(14,15)8-9(2)7-12/h9-11,13H,3-8H2,1-2H3. The van der Waals surface area contributed by atoms with Gasteiger partial charge in [0.1, 0.15) is 0 Å². The van der Waals surface area contributed by atoms with Gasteiger partial charge in [0.15, 0.2) is 0 Å². The van der Waals surface area contributed by atoms with E-state index in [9.17, 15) is 8.42 Å². The Kier molecular flexibility index (Phi) is 6.62. The lowest BCUT2D eigenvalue weighted by Gasteiger charge is -2.15. The van der Waals surface area contributed by atoms with Gasteiger partial charge in [-0.3, -0.25) is 0 Å². The Morgan fingerprint density at radius 2 is 2.18 bits per heavy atom. The smallest absolute Gasteiger partial charge is 0.212 e. The van der Waals surface area contributed by atoms with Crippen LogP contribution in [0, 0.1) is 5.92 Å². The first kappa shape index (κ1) is 15.6. The molecular formula is C11H22ClNO2S2. The third-order valence-electron chi connectivity index (χ3n) is 2.90. The molecule has 1 aliphatic carbocycles. The molecule has 3 nitrogen and oxygen atoms in total. The molecule has 0 aliphatic heterocycles. The number of thioether (sulfide) groups is 1. The minimum absolute atomic E-state index is 0.0105. The summed E-state index contributed by atoms with van der Waals surface area (Å²) in [6.45, 7) is 4.00. The van der Waals surface area contributed by atoms with Gasteiger partial charge in [-0.25, -0.2) is 13.1 Å². The van der Waals surface area contributed by atoms with Crippen molar-refractivity contribution in [2.75, 3.05) is 17.4 Å². The van der Waals surface area contributed by atoms with Crippen molar-refractivity contribution in [1.82, 2.24) is 4.72 Å². The minimum Gasteiger partial charge on any atom is -0.212 e. The molecule has 0 spiro atoms. The average molecular weight is 300 g/mol. The molecule has 3 atom stereocenters. The van der Waals surface area contributed by atoms with Crippen LogP contribution in [0.3, 0.4) is 0 Å². The van der Waals surface area contributed by atoms with E-state index in [1.807, 2.05) is 18.7 Å². The number of halogens is 1. The zero-order chi connectivity index (χ0) is 12.9. The second kappa shape index (κ2) is 7.22. The van der Waals surface area contributed by atoms with Crippen molar-refractivity contribution >= 4 is 33.4 Å². The lowest BCUT2D eigenvalue weighted by Crippen LogP contribution is -2.36. The van der Waals surface area contributed by atoms with Crippen molar-refractivity contribution in [2.24, 2.45) is 5.92 Å². The predicted molar refractivity (Wildman–Crippen MR) is 76.4 cm³/mol.